The summed E-state index contributed by atoms with van der Waals surface area (Å²) >= 11 is 0. The number of hydrogen-bond acceptors (Lipinski definition) is 6. The van der Waals surface area contributed by atoms with E-state index in [9.17, 15) is 13.2 Å². The summed E-state index contributed by atoms with van der Waals surface area (Å²) in [4.78, 5) is 16.7. The van der Waals surface area contributed by atoms with Crippen LogP contribution in [0.1, 0.15) is 5.56 Å². The average Bonchev–Trinajstić information content (AvgIpc) is 3.15. The Balaban J connectivity index is 1.52. The van der Waals surface area contributed by atoms with Gasteiger partial charge in [0.25, 0.3) is 0 Å². The lowest BCUT2D eigenvalue weighted by Crippen LogP contribution is -2.20. The van der Waals surface area contributed by atoms with Crippen LogP contribution in [0.2, 0.25) is 0 Å². The molecule has 32 heavy (non-hydrogen) atoms. The van der Waals surface area contributed by atoms with Crippen LogP contribution in [0.4, 0.5) is 5.82 Å². The Labute approximate surface area is 183 Å². The summed E-state index contributed by atoms with van der Waals surface area (Å²) < 4.78 is 25.1. The Morgan fingerprint density at radius 3 is 2.56 bits per heavy atom. The van der Waals surface area contributed by atoms with E-state index >= 15 is 0 Å². The molecule has 0 unspecified atom stereocenters. The fourth-order valence-electron chi connectivity index (χ4n) is 3.26. The monoisotopic (exact) mass is 449 g/mol. The molecule has 0 saturated carbocycles. The van der Waals surface area contributed by atoms with Crippen molar-refractivity contribution in [2.24, 2.45) is 10.9 Å². The first-order chi connectivity index (χ1) is 15.2. The quantitative estimate of drug-likeness (QED) is 0.258. The zero-order chi connectivity index (χ0) is 22.9. The fourth-order valence-corrected chi connectivity index (χ4v) is 4.02. The minimum atomic E-state index is -3.89. The molecule has 0 aliphatic heterocycles. The summed E-state index contributed by atoms with van der Waals surface area (Å²) in [6, 6.07) is 14.8. The minimum Gasteiger partial charge on any atom is -0.384 e. The van der Waals surface area contributed by atoms with Crippen LogP contribution < -0.4 is 16.2 Å². The van der Waals surface area contributed by atoms with Gasteiger partial charge in [-0.3, -0.25) is 14.9 Å². The molecule has 6 N–H and O–H groups in total. The Hall–Kier alpha value is -4.09. The van der Waals surface area contributed by atoms with E-state index in [1.54, 1.807) is 54.7 Å². The van der Waals surface area contributed by atoms with Gasteiger partial charge in [-0.25, -0.2) is 18.5 Å². The Bertz CT molecular complexity index is 1440. The summed E-state index contributed by atoms with van der Waals surface area (Å²) in [6.07, 6.45) is 3.09. The molecule has 0 radical (unpaired) electrons. The van der Waals surface area contributed by atoms with Gasteiger partial charge in [-0.05, 0) is 24.3 Å². The number of rotatable bonds is 6. The second-order valence-electron chi connectivity index (χ2n) is 7.01. The van der Waals surface area contributed by atoms with Crippen molar-refractivity contribution in [3.63, 3.8) is 0 Å². The van der Waals surface area contributed by atoms with Crippen LogP contribution in [0.5, 0.6) is 0 Å². The zero-order valence-electron chi connectivity index (χ0n) is 16.7. The van der Waals surface area contributed by atoms with Crippen LogP contribution in [-0.4, -0.2) is 34.9 Å². The molecule has 0 spiro atoms. The Morgan fingerprint density at radius 2 is 1.88 bits per heavy atom. The summed E-state index contributed by atoms with van der Waals surface area (Å²) in [5.41, 5.74) is 7.72. The third kappa shape index (κ3) is 4.33. The number of fused-ring (bicyclic) bond motifs is 1. The van der Waals surface area contributed by atoms with Gasteiger partial charge in [-0.15, -0.1) is 0 Å². The van der Waals surface area contributed by atoms with Crippen LogP contribution >= 0.6 is 0 Å². The second kappa shape index (κ2) is 8.21. The number of amides is 1. The third-order valence-electron chi connectivity index (χ3n) is 4.78. The topological polar surface area (TPSA) is 170 Å². The molecule has 0 bridgehead atoms. The van der Waals surface area contributed by atoms with Gasteiger partial charge in [0, 0.05) is 28.3 Å². The number of aromatic nitrogens is 3. The van der Waals surface area contributed by atoms with Crippen LogP contribution in [-0.2, 0) is 21.4 Å². The molecule has 0 saturated heterocycles. The van der Waals surface area contributed by atoms with Crippen molar-refractivity contribution in [2.75, 3.05) is 5.32 Å². The number of amidine groups is 1. The molecule has 11 heteroatoms. The molecule has 0 atom stereocenters. The van der Waals surface area contributed by atoms with Gasteiger partial charge in [-0.2, -0.15) is 5.10 Å². The number of anilines is 1. The number of carbonyl (C=O) groups excluding carboxylic acids is 1. The number of carbonyl (C=O) groups is 1. The highest BCUT2D eigenvalue weighted by molar-refractivity contribution is 7.89. The summed E-state index contributed by atoms with van der Waals surface area (Å²) in [7, 11) is -3.89. The summed E-state index contributed by atoms with van der Waals surface area (Å²) in [5.74, 6) is -0.126. The zero-order valence-corrected chi connectivity index (χ0v) is 17.5. The van der Waals surface area contributed by atoms with E-state index in [2.05, 4.69) is 15.4 Å². The SMILES string of the molecule is N=C(N)c1ccc2cnn(CC(=O)Nc3ccc(-c4ccccc4S(N)(=O)=O)cn3)c2c1. The van der Waals surface area contributed by atoms with Gasteiger partial charge >= 0.3 is 0 Å². The lowest BCUT2D eigenvalue weighted by Gasteiger charge is -2.09. The number of benzene rings is 2. The average molecular weight is 449 g/mol. The predicted molar refractivity (Wildman–Crippen MR) is 120 cm³/mol. The van der Waals surface area contributed by atoms with E-state index in [1.807, 2.05) is 0 Å². The van der Waals surface area contributed by atoms with Crippen molar-refractivity contribution >= 4 is 38.5 Å². The number of hydrogen-bond donors (Lipinski definition) is 4. The lowest BCUT2D eigenvalue weighted by atomic mass is 10.1. The Kier molecular flexibility index (Phi) is 5.43. The van der Waals surface area contributed by atoms with Crippen molar-refractivity contribution < 1.29 is 13.2 Å². The van der Waals surface area contributed by atoms with Gasteiger partial charge in [0.05, 0.1) is 16.6 Å². The number of nitrogens with one attached hydrogen (secondary N) is 2. The van der Waals surface area contributed by atoms with E-state index in [0.29, 0.717) is 28.0 Å². The molecule has 162 valence electrons. The predicted octanol–water partition coefficient (Wildman–Crippen LogP) is 1.67. The van der Waals surface area contributed by atoms with Crippen LogP contribution in [0.25, 0.3) is 22.0 Å². The van der Waals surface area contributed by atoms with Crippen molar-refractivity contribution in [1.82, 2.24) is 14.8 Å². The maximum absolute atomic E-state index is 12.5. The number of sulfonamides is 1. The maximum atomic E-state index is 12.5. The minimum absolute atomic E-state index is 0.00549. The van der Waals surface area contributed by atoms with E-state index < -0.39 is 10.0 Å². The molecule has 0 aliphatic rings. The number of pyridine rings is 1. The molecule has 0 fully saturated rings. The number of nitrogen functional groups attached to an aromatic ring is 1. The van der Waals surface area contributed by atoms with E-state index in [0.717, 1.165) is 5.39 Å². The largest absolute Gasteiger partial charge is 0.384 e. The van der Waals surface area contributed by atoms with Gasteiger partial charge in [-0.1, -0.05) is 30.3 Å². The van der Waals surface area contributed by atoms with E-state index in [1.165, 1.54) is 16.9 Å². The molecule has 0 aliphatic carbocycles. The first-order valence-corrected chi connectivity index (χ1v) is 10.9. The lowest BCUT2D eigenvalue weighted by molar-refractivity contribution is -0.116. The van der Waals surface area contributed by atoms with Crippen molar-refractivity contribution in [1.29, 1.82) is 5.41 Å². The first-order valence-electron chi connectivity index (χ1n) is 9.40. The smallest absolute Gasteiger partial charge is 0.247 e. The first kappa shape index (κ1) is 21.2. The van der Waals surface area contributed by atoms with Crippen LogP contribution in [0.3, 0.4) is 0 Å². The normalized spacial score (nSPS) is 11.4. The van der Waals surface area contributed by atoms with Crippen LogP contribution in [0, 0.1) is 5.41 Å². The maximum Gasteiger partial charge on any atom is 0.247 e. The molecule has 4 aromatic rings. The third-order valence-corrected chi connectivity index (χ3v) is 5.75. The Morgan fingerprint density at radius 1 is 1.09 bits per heavy atom. The van der Waals surface area contributed by atoms with Gasteiger partial charge < -0.3 is 11.1 Å². The number of primary sulfonamides is 1. The van der Waals surface area contributed by atoms with Gasteiger partial charge in [0.15, 0.2) is 0 Å². The van der Waals surface area contributed by atoms with E-state index in [-0.39, 0.29) is 23.2 Å². The molecule has 2 aromatic heterocycles. The summed E-state index contributed by atoms with van der Waals surface area (Å²) in [5, 5.41) is 20.6. The number of nitrogens with two attached hydrogens (primary N) is 2. The van der Waals surface area contributed by atoms with Gasteiger partial charge in [0.1, 0.15) is 18.2 Å². The molecule has 10 nitrogen and oxygen atoms in total. The number of nitrogens with zero attached hydrogens (tertiary/aromatic N) is 3. The highest BCUT2D eigenvalue weighted by Crippen LogP contribution is 2.26. The standard InChI is InChI=1S/C21H19N7O3S/c22-21(23)13-5-6-15-11-26-28(17(15)9-13)12-20(29)27-19-8-7-14(10-25-19)16-3-1-2-4-18(16)32(24,30)31/h1-11H,12H2,(H3,22,23)(H2,24,30,31)(H,25,27,29). The summed E-state index contributed by atoms with van der Waals surface area (Å²) in [6.45, 7) is -0.0669. The molecule has 4 rings (SSSR count). The molecule has 2 heterocycles. The fraction of sp³-hybridized carbons (Fsp3) is 0.0476. The molecule has 1 amide bonds. The molecule has 2 aromatic carbocycles. The van der Waals surface area contributed by atoms with Crippen molar-refractivity contribution in [3.8, 4) is 11.1 Å². The van der Waals surface area contributed by atoms with Gasteiger partial charge in [0.2, 0.25) is 15.9 Å². The molecular formula is C21H19N7O3S. The molecular weight excluding hydrogens is 430 g/mol. The highest BCUT2D eigenvalue weighted by Gasteiger charge is 2.15. The van der Waals surface area contributed by atoms with E-state index in [4.69, 9.17) is 16.3 Å². The van der Waals surface area contributed by atoms with Crippen molar-refractivity contribution in [3.05, 3.63) is 72.6 Å². The van der Waals surface area contributed by atoms with Crippen molar-refractivity contribution in [2.45, 2.75) is 11.4 Å². The highest BCUT2D eigenvalue weighted by atomic mass is 32.2. The second-order valence-corrected chi connectivity index (χ2v) is 8.54. The van der Waals surface area contributed by atoms with Crippen LogP contribution in [0.15, 0.2) is 71.9 Å².